The molecule has 4 N–H and O–H groups in total. The molecule has 0 unspecified atom stereocenters. The number of carbonyl (C=O) groups excluding carboxylic acids is 2. The summed E-state index contributed by atoms with van der Waals surface area (Å²) in [5, 5.41) is 6.16. The quantitative estimate of drug-likeness (QED) is 0.485. The number of rotatable bonds is 7. The van der Waals surface area contributed by atoms with Crippen LogP contribution in [-0.2, 0) is 16.0 Å². The molecule has 2 aliphatic rings. The van der Waals surface area contributed by atoms with E-state index in [4.69, 9.17) is 0 Å². The molecule has 1 atom stereocenters. The van der Waals surface area contributed by atoms with Crippen LogP contribution in [0.2, 0.25) is 0 Å². The normalized spacial score (nSPS) is 23.9. The number of aryl methyl sites for hydroxylation is 1. The van der Waals surface area contributed by atoms with Crippen LogP contribution in [0.15, 0.2) is 24.3 Å². The number of benzene rings is 1. The summed E-state index contributed by atoms with van der Waals surface area (Å²) in [6, 6.07) is 8.40. The third kappa shape index (κ3) is 5.05. The lowest BCUT2D eigenvalue weighted by Gasteiger charge is -2.32. The highest BCUT2D eigenvalue weighted by Crippen LogP contribution is 2.18. The largest absolute Gasteiger partial charge is 0.348 e. The number of carbonyl (C=O) groups is 2. The maximum Gasteiger partial charge on any atom is 0.279 e. The van der Waals surface area contributed by atoms with E-state index in [1.54, 1.807) is 0 Å². The fraction of sp³-hybridized carbons (Fsp3) is 0.600. The van der Waals surface area contributed by atoms with Gasteiger partial charge in [-0.15, -0.1) is 0 Å². The van der Waals surface area contributed by atoms with E-state index in [1.165, 1.54) is 15.4 Å². The molecule has 0 spiro atoms. The van der Waals surface area contributed by atoms with Gasteiger partial charge < -0.3 is 20.4 Å². The van der Waals surface area contributed by atoms with Crippen LogP contribution in [0.5, 0.6) is 0 Å². The Kier molecular flexibility index (Phi) is 6.27. The van der Waals surface area contributed by atoms with Crippen molar-refractivity contribution >= 4 is 17.5 Å². The first-order chi connectivity index (χ1) is 12.6. The zero-order valence-electron chi connectivity index (χ0n) is 15.9. The van der Waals surface area contributed by atoms with Crippen molar-refractivity contribution in [2.75, 3.05) is 38.0 Å². The van der Waals surface area contributed by atoms with Crippen LogP contribution in [0, 0.1) is 0 Å². The van der Waals surface area contributed by atoms with Crippen LogP contribution < -0.4 is 20.4 Å². The maximum atomic E-state index is 12.4. The molecule has 6 nitrogen and oxygen atoms in total. The monoisotopic (exact) mass is 360 g/mol. The van der Waals surface area contributed by atoms with E-state index < -0.39 is 0 Å². The number of amides is 2. The van der Waals surface area contributed by atoms with Gasteiger partial charge in [0.1, 0.15) is 26.2 Å². The fourth-order valence-corrected chi connectivity index (χ4v) is 3.65. The molecule has 1 saturated carbocycles. The molecular weight excluding hydrogens is 328 g/mol. The molecule has 1 aromatic rings. The van der Waals surface area contributed by atoms with Crippen LogP contribution >= 0.6 is 0 Å². The minimum absolute atomic E-state index is 0.00223. The average Bonchev–Trinajstić information content (AvgIpc) is 3.46. The number of hydrogen-bond acceptors (Lipinski definition) is 2. The Balaban J connectivity index is 1.43. The molecule has 0 radical (unpaired) electrons. The van der Waals surface area contributed by atoms with Crippen molar-refractivity contribution < 1.29 is 19.4 Å². The van der Waals surface area contributed by atoms with Gasteiger partial charge in [-0.2, -0.15) is 0 Å². The molecule has 2 amide bonds. The summed E-state index contributed by atoms with van der Waals surface area (Å²) in [5.74, 6) is 0.253. The van der Waals surface area contributed by atoms with Gasteiger partial charge in [0.05, 0.1) is 0 Å². The Hall–Kier alpha value is -1.92. The molecule has 1 aliphatic carbocycles. The van der Waals surface area contributed by atoms with E-state index in [0.717, 1.165) is 51.1 Å². The average molecular weight is 361 g/mol. The van der Waals surface area contributed by atoms with Gasteiger partial charge in [0, 0.05) is 11.7 Å². The number of nitrogens with one attached hydrogen (secondary N) is 4. The summed E-state index contributed by atoms with van der Waals surface area (Å²) in [7, 11) is 0. The van der Waals surface area contributed by atoms with Gasteiger partial charge in [-0.3, -0.25) is 9.59 Å². The number of piperazine rings is 1. The molecule has 0 aromatic heterocycles. The van der Waals surface area contributed by atoms with Crippen LogP contribution in [0.4, 0.5) is 5.69 Å². The maximum absolute atomic E-state index is 12.4. The first kappa shape index (κ1) is 18.9. The number of para-hydroxylation sites is 1. The predicted molar refractivity (Wildman–Crippen MR) is 101 cm³/mol. The fourth-order valence-electron chi connectivity index (χ4n) is 3.65. The molecule has 2 fully saturated rings. The molecule has 1 aromatic carbocycles. The second-order valence-electron chi connectivity index (χ2n) is 7.65. The minimum atomic E-state index is 0.00223. The van der Waals surface area contributed by atoms with E-state index in [2.05, 4.69) is 23.6 Å². The zero-order valence-corrected chi connectivity index (χ0v) is 15.9. The van der Waals surface area contributed by atoms with Crippen LogP contribution in [0.1, 0.15) is 32.3 Å². The summed E-state index contributed by atoms with van der Waals surface area (Å²) in [6.45, 7) is 8.35. The Labute approximate surface area is 155 Å². The van der Waals surface area contributed by atoms with Gasteiger partial charge in [0.15, 0.2) is 12.6 Å². The Bertz CT molecular complexity index is 636. The Morgan fingerprint density at radius 1 is 1.15 bits per heavy atom. The third-order valence-electron chi connectivity index (χ3n) is 5.61. The molecular formula is C20H32N4O2+2. The summed E-state index contributed by atoms with van der Waals surface area (Å²) in [5.41, 5.74) is 2.09. The van der Waals surface area contributed by atoms with Gasteiger partial charge in [-0.05, 0) is 37.8 Å². The van der Waals surface area contributed by atoms with Crippen LogP contribution in [0.25, 0.3) is 0 Å². The van der Waals surface area contributed by atoms with E-state index in [-0.39, 0.29) is 17.9 Å². The Morgan fingerprint density at radius 2 is 1.85 bits per heavy atom. The summed E-state index contributed by atoms with van der Waals surface area (Å²) >= 11 is 0. The van der Waals surface area contributed by atoms with Gasteiger partial charge in [0.25, 0.3) is 11.8 Å². The van der Waals surface area contributed by atoms with Crippen molar-refractivity contribution in [3.63, 3.8) is 0 Å². The minimum Gasteiger partial charge on any atom is -0.348 e. The zero-order chi connectivity index (χ0) is 18.5. The lowest BCUT2D eigenvalue weighted by molar-refractivity contribution is -1.01. The SMILES string of the molecule is CCc1ccccc1NC(=O)C[NH+]1CC[NH+]([C@H](C)C(=O)NC2CC2)CC1. The number of hydrogen-bond donors (Lipinski definition) is 4. The lowest BCUT2D eigenvalue weighted by atomic mass is 10.1. The van der Waals surface area contributed by atoms with Gasteiger partial charge in [-0.1, -0.05) is 25.1 Å². The summed E-state index contributed by atoms with van der Waals surface area (Å²) in [6.07, 6.45) is 3.16. The molecule has 0 bridgehead atoms. The highest BCUT2D eigenvalue weighted by Gasteiger charge is 2.34. The Morgan fingerprint density at radius 3 is 2.50 bits per heavy atom. The van der Waals surface area contributed by atoms with Gasteiger partial charge in [-0.25, -0.2) is 0 Å². The van der Waals surface area contributed by atoms with Crippen molar-refractivity contribution in [1.29, 1.82) is 0 Å². The van der Waals surface area contributed by atoms with E-state index >= 15 is 0 Å². The van der Waals surface area contributed by atoms with Crippen molar-refractivity contribution in [3.8, 4) is 0 Å². The van der Waals surface area contributed by atoms with Crippen molar-refractivity contribution in [2.24, 2.45) is 0 Å². The molecule has 1 aliphatic heterocycles. The third-order valence-corrected chi connectivity index (χ3v) is 5.61. The van der Waals surface area contributed by atoms with E-state index in [1.807, 2.05) is 25.1 Å². The first-order valence-corrected chi connectivity index (χ1v) is 9.93. The standard InChI is InChI=1S/C20H30N4O2/c1-3-16-6-4-5-7-18(16)22-19(25)14-23-10-12-24(13-11-23)15(2)20(26)21-17-8-9-17/h4-7,15,17H,3,8-14H2,1-2H3,(H,21,26)(H,22,25)/p+2/t15-/m1/s1. The highest BCUT2D eigenvalue weighted by atomic mass is 16.2. The second kappa shape index (κ2) is 8.64. The van der Waals surface area contributed by atoms with Gasteiger partial charge >= 0.3 is 0 Å². The second-order valence-corrected chi connectivity index (χ2v) is 7.65. The highest BCUT2D eigenvalue weighted by molar-refractivity contribution is 5.92. The molecule has 142 valence electrons. The molecule has 1 heterocycles. The molecule has 3 rings (SSSR count). The molecule has 1 saturated heterocycles. The van der Waals surface area contributed by atoms with Crippen LogP contribution in [-0.4, -0.2) is 56.6 Å². The first-order valence-electron chi connectivity index (χ1n) is 9.93. The van der Waals surface area contributed by atoms with Gasteiger partial charge in [0.2, 0.25) is 0 Å². The molecule has 6 heteroatoms. The van der Waals surface area contributed by atoms with Crippen LogP contribution in [0.3, 0.4) is 0 Å². The van der Waals surface area contributed by atoms with Crippen molar-refractivity contribution in [3.05, 3.63) is 29.8 Å². The van der Waals surface area contributed by atoms with Crippen molar-refractivity contribution in [2.45, 2.75) is 45.2 Å². The summed E-state index contributed by atoms with van der Waals surface area (Å²) in [4.78, 5) is 27.2. The number of quaternary nitrogens is 2. The predicted octanol–water partition coefficient (Wildman–Crippen LogP) is -1.36. The van der Waals surface area contributed by atoms with E-state index in [9.17, 15) is 9.59 Å². The summed E-state index contributed by atoms with van der Waals surface area (Å²) < 4.78 is 0. The smallest absolute Gasteiger partial charge is 0.279 e. The van der Waals surface area contributed by atoms with Crippen molar-refractivity contribution in [1.82, 2.24) is 5.32 Å². The number of anilines is 1. The topological polar surface area (TPSA) is 67.1 Å². The molecule has 26 heavy (non-hydrogen) atoms. The van der Waals surface area contributed by atoms with E-state index in [0.29, 0.717) is 12.6 Å². The lowest BCUT2D eigenvalue weighted by Crippen LogP contribution is -3.30.